The summed E-state index contributed by atoms with van der Waals surface area (Å²) in [5, 5.41) is 11.2. The molecule has 2 aromatic rings. The van der Waals surface area contributed by atoms with Gasteiger partial charge in [0, 0.05) is 0 Å². The fraction of sp³-hybridized carbons (Fsp3) is 0.105. The summed E-state index contributed by atoms with van der Waals surface area (Å²) in [6, 6.07) is 8.49. The molecule has 10 heteroatoms. The zero-order valence-electron chi connectivity index (χ0n) is 14.6. The molecule has 2 N–H and O–H groups in total. The van der Waals surface area contributed by atoms with Gasteiger partial charge >= 0.3 is 12.0 Å². The number of benzene rings is 2. The average molecular weight is 528 g/mol. The number of nitrogens with one attached hydrogen (secondary N) is 1. The third-order valence-electron chi connectivity index (χ3n) is 3.88. The predicted molar refractivity (Wildman–Crippen MR) is 108 cm³/mol. The Kier molecular flexibility index (Phi) is 6.33. The number of hydrogen-bond donors (Lipinski definition) is 2. The maximum atomic E-state index is 13.0. The largest absolute Gasteiger partial charge is 0.487 e. The van der Waals surface area contributed by atoms with Crippen LogP contribution in [0, 0.1) is 5.82 Å². The van der Waals surface area contributed by atoms with E-state index in [4.69, 9.17) is 9.84 Å². The van der Waals surface area contributed by atoms with Crippen LogP contribution in [0.25, 0.3) is 6.08 Å². The fourth-order valence-corrected chi connectivity index (χ4v) is 4.00. The van der Waals surface area contributed by atoms with Gasteiger partial charge in [0.25, 0.3) is 5.91 Å². The van der Waals surface area contributed by atoms with Crippen molar-refractivity contribution in [3.63, 3.8) is 0 Å². The zero-order chi connectivity index (χ0) is 21.1. The van der Waals surface area contributed by atoms with E-state index in [-0.39, 0.29) is 18.1 Å². The zero-order valence-corrected chi connectivity index (χ0v) is 17.8. The number of nitrogens with zero attached hydrogens (tertiary/aromatic N) is 1. The first-order valence-corrected chi connectivity index (χ1v) is 9.76. The molecule has 0 aliphatic carbocycles. The van der Waals surface area contributed by atoms with Crippen LogP contribution in [0.4, 0.5) is 9.18 Å². The first-order valence-electron chi connectivity index (χ1n) is 8.17. The van der Waals surface area contributed by atoms with E-state index >= 15 is 0 Å². The van der Waals surface area contributed by atoms with Crippen LogP contribution in [0.3, 0.4) is 0 Å². The molecule has 3 rings (SSSR count). The standard InChI is InChI=1S/C19H13Br2FN2O5/c20-13-5-11(7-15-18(27)24(8-16(25)26)19(28)23-15)6-14(21)17(13)29-9-10-1-3-12(22)4-2-10/h1-7H,8-9H2,(H,23,28)(H,25,26)/b15-7+. The second-order valence-electron chi connectivity index (χ2n) is 6.00. The molecule has 7 nitrogen and oxygen atoms in total. The highest BCUT2D eigenvalue weighted by atomic mass is 79.9. The van der Waals surface area contributed by atoms with Gasteiger partial charge in [0.15, 0.2) is 0 Å². The lowest BCUT2D eigenvalue weighted by Gasteiger charge is -2.12. The van der Waals surface area contributed by atoms with Crippen LogP contribution < -0.4 is 10.1 Å². The topological polar surface area (TPSA) is 95.9 Å². The van der Waals surface area contributed by atoms with Crippen LogP contribution in [0.15, 0.2) is 51.0 Å². The van der Waals surface area contributed by atoms with Gasteiger partial charge < -0.3 is 15.2 Å². The van der Waals surface area contributed by atoms with Gasteiger partial charge in [-0.1, -0.05) is 12.1 Å². The Balaban J connectivity index is 1.77. The third kappa shape index (κ3) is 5.01. The molecular formula is C19H13Br2FN2O5. The lowest BCUT2D eigenvalue weighted by atomic mass is 10.2. The van der Waals surface area contributed by atoms with Crippen molar-refractivity contribution < 1.29 is 28.6 Å². The van der Waals surface area contributed by atoms with Crippen LogP contribution >= 0.6 is 31.9 Å². The van der Waals surface area contributed by atoms with E-state index in [0.29, 0.717) is 25.2 Å². The Morgan fingerprint density at radius 1 is 1.17 bits per heavy atom. The maximum Gasteiger partial charge on any atom is 0.329 e. The van der Waals surface area contributed by atoms with E-state index in [1.165, 1.54) is 18.2 Å². The molecule has 0 radical (unpaired) electrons. The number of aliphatic carboxylic acids is 1. The number of imide groups is 1. The van der Waals surface area contributed by atoms with Crippen molar-refractivity contribution in [1.82, 2.24) is 10.2 Å². The summed E-state index contributed by atoms with van der Waals surface area (Å²) < 4.78 is 19.9. The molecule has 1 heterocycles. The first-order chi connectivity index (χ1) is 13.7. The second kappa shape index (κ2) is 8.75. The number of rotatable bonds is 6. The summed E-state index contributed by atoms with van der Waals surface area (Å²) in [5.74, 6) is -1.83. The molecule has 0 spiro atoms. The van der Waals surface area contributed by atoms with Gasteiger partial charge in [-0.2, -0.15) is 0 Å². The number of amides is 3. The molecule has 0 unspecified atom stereocenters. The molecule has 3 amide bonds. The molecule has 1 saturated heterocycles. The molecule has 0 bridgehead atoms. The number of hydrogen-bond acceptors (Lipinski definition) is 4. The summed E-state index contributed by atoms with van der Waals surface area (Å²) in [6.07, 6.45) is 1.43. The number of carboxylic acid groups (broad SMARTS) is 1. The average Bonchev–Trinajstić information content (AvgIpc) is 2.89. The minimum absolute atomic E-state index is 0.0324. The highest BCUT2D eigenvalue weighted by Gasteiger charge is 2.34. The molecule has 29 heavy (non-hydrogen) atoms. The van der Waals surface area contributed by atoms with Crippen molar-refractivity contribution in [2.75, 3.05) is 6.54 Å². The van der Waals surface area contributed by atoms with Gasteiger partial charge in [-0.05, 0) is 73.3 Å². The second-order valence-corrected chi connectivity index (χ2v) is 7.71. The number of halogens is 3. The van der Waals surface area contributed by atoms with E-state index in [9.17, 15) is 18.8 Å². The Morgan fingerprint density at radius 3 is 2.38 bits per heavy atom. The van der Waals surface area contributed by atoms with Crippen molar-refractivity contribution in [3.05, 3.63) is 68.0 Å². The van der Waals surface area contributed by atoms with Crippen molar-refractivity contribution in [2.24, 2.45) is 0 Å². The monoisotopic (exact) mass is 526 g/mol. The van der Waals surface area contributed by atoms with Gasteiger partial charge in [-0.15, -0.1) is 0 Å². The normalized spacial score (nSPS) is 15.0. The molecule has 1 aliphatic rings. The maximum absolute atomic E-state index is 13.0. The van der Waals surface area contributed by atoms with Crippen molar-refractivity contribution in [1.29, 1.82) is 0 Å². The number of urea groups is 1. The fourth-order valence-electron chi connectivity index (χ4n) is 2.55. The highest BCUT2D eigenvalue weighted by Crippen LogP contribution is 2.36. The highest BCUT2D eigenvalue weighted by molar-refractivity contribution is 9.11. The molecule has 0 saturated carbocycles. The Bertz CT molecular complexity index is 1000. The predicted octanol–water partition coefficient (Wildman–Crippen LogP) is 3.91. The van der Waals surface area contributed by atoms with E-state index in [2.05, 4.69) is 37.2 Å². The van der Waals surface area contributed by atoms with Crippen molar-refractivity contribution >= 4 is 55.8 Å². The van der Waals surface area contributed by atoms with Crippen LogP contribution in [0.2, 0.25) is 0 Å². The Morgan fingerprint density at radius 2 is 1.79 bits per heavy atom. The molecule has 1 fully saturated rings. The molecule has 0 atom stereocenters. The van der Waals surface area contributed by atoms with Crippen LogP contribution in [-0.4, -0.2) is 34.5 Å². The van der Waals surface area contributed by atoms with Gasteiger partial charge in [0.05, 0.1) is 8.95 Å². The van der Waals surface area contributed by atoms with Crippen LogP contribution in [0.5, 0.6) is 5.75 Å². The van der Waals surface area contributed by atoms with E-state index in [1.807, 2.05) is 0 Å². The molecular weight excluding hydrogens is 515 g/mol. The lowest BCUT2D eigenvalue weighted by molar-refractivity contribution is -0.140. The molecule has 2 aromatic carbocycles. The van der Waals surface area contributed by atoms with Gasteiger partial charge in [-0.3, -0.25) is 9.59 Å². The Labute approximate surface area is 181 Å². The van der Waals surface area contributed by atoms with Crippen LogP contribution in [-0.2, 0) is 16.2 Å². The summed E-state index contributed by atoms with van der Waals surface area (Å²) in [4.78, 5) is 35.4. The van der Waals surface area contributed by atoms with Gasteiger partial charge in [0.2, 0.25) is 0 Å². The van der Waals surface area contributed by atoms with Crippen molar-refractivity contribution in [2.45, 2.75) is 6.61 Å². The summed E-state index contributed by atoms with van der Waals surface area (Å²) >= 11 is 6.80. The SMILES string of the molecule is O=C(O)CN1C(=O)N/C(=C/c2cc(Br)c(OCc3ccc(F)cc3)c(Br)c2)C1=O. The molecule has 1 aliphatic heterocycles. The summed E-state index contributed by atoms with van der Waals surface area (Å²) in [5.41, 5.74) is 1.32. The molecule has 150 valence electrons. The first kappa shape index (κ1) is 21.0. The number of ether oxygens (including phenoxy) is 1. The Hall–Kier alpha value is -2.72. The smallest absolute Gasteiger partial charge is 0.329 e. The van der Waals surface area contributed by atoms with E-state index in [1.54, 1.807) is 24.3 Å². The lowest BCUT2D eigenvalue weighted by Crippen LogP contribution is -2.35. The minimum atomic E-state index is -1.29. The summed E-state index contributed by atoms with van der Waals surface area (Å²) in [7, 11) is 0. The molecule has 0 aromatic heterocycles. The van der Waals surface area contributed by atoms with Crippen molar-refractivity contribution in [3.8, 4) is 5.75 Å². The van der Waals surface area contributed by atoms with E-state index in [0.717, 1.165) is 5.56 Å². The number of carbonyl (C=O) groups excluding carboxylic acids is 2. The number of carboxylic acids is 1. The van der Waals surface area contributed by atoms with Gasteiger partial charge in [-0.25, -0.2) is 14.1 Å². The third-order valence-corrected chi connectivity index (χ3v) is 5.06. The van der Waals surface area contributed by atoms with E-state index < -0.39 is 24.5 Å². The van der Waals surface area contributed by atoms with Crippen LogP contribution in [0.1, 0.15) is 11.1 Å². The van der Waals surface area contributed by atoms with Gasteiger partial charge in [0.1, 0.15) is 30.4 Å². The minimum Gasteiger partial charge on any atom is -0.487 e. The number of carbonyl (C=O) groups is 3. The quantitative estimate of drug-likeness (QED) is 0.438. The summed E-state index contributed by atoms with van der Waals surface area (Å²) in [6.45, 7) is -0.498.